The van der Waals surface area contributed by atoms with E-state index in [2.05, 4.69) is 15.2 Å². The molecule has 0 spiro atoms. The molecule has 1 saturated heterocycles. The van der Waals surface area contributed by atoms with E-state index < -0.39 is 12.0 Å². The van der Waals surface area contributed by atoms with Crippen molar-refractivity contribution in [3.8, 4) is 0 Å². The zero-order chi connectivity index (χ0) is 17.8. The molecule has 0 unspecified atom stereocenters. The van der Waals surface area contributed by atoms with E-state index in [1.165, 1.54) is 6.07 Å². The van der Waals surface area contributed by atoms with E-state index in [4.69, 9.17) is 5.73 Å². The maximum absolute atomic E-state index is 12.2. The summed E-state index contributed by atoms with van der Waals surface area (Å²) in [7, 11) is 0. The summed E-state index contributed by atoms with van der Waals surface area (Å²) >= 11 is 0. The number of aromatic amines is 1. The summed E-state index contributed by atoms with van der Waals surface area (Å²) in [5.41, 5.74) is 6.59. The van der Waals surface area contributed by atoms with Crippen molar-refractivity contribution in [3.63, 3.8) is 0 Å². The Morgan fingerprint density at radius 3 is 2.64 bits per heavy atom. The highest BCUT2D eigenvalue weighted by molar-refractivity contribution is 5.96. The van der Waals surface area contributed by atoms with Gasteiger partial charge in [0.05, 0.1) is 6.10 Å². The number of hydrogen-bond donors (Lipinski definition) is 4. The molecular weight excluding hydrogens is 320 g/mol. The minimum atomic E-state index is -0.596. The molecule has 2 aromatic rings. The fourth-order valence-electron chi connectivity index (χ4n) is 3.08. The Morgan fingerprint density at radius 2 is 1.96 bits per heavy atom. The predicted octanol–water partition coefficient (Wildman–Crippen LogP) is 0.651. The molecule has 2 amide bonds. The summed E-state index contributed by atoms with van der Waals surface area (Å²) in [5, 5.41) is 13.2. The average molecular weight is 342 g/mol. The number of H-pyrrole nitrogens is 1. The zero-order valence-corrected chi connectivity index (χ0v) is 13.8. The van der Waals surface area contributed by atoms with Crippen LogP contribution >= 0.6 is 0 Å². The van der Waals surface area contributed by atoms with Gasteiger partial charge in [-0.25, -0.2) is 0 Å². The van der Waals surface area contributed by atoms with Gasteiger partial charge in [0.2, 0.25) is 0 Å². The van der Waals surface area contributed by atoms with Gasteiger partial charge in [-0.05, 0) is 24.1 Å². The van der Waals surface area contributed by atoms with Gasteiger partial charge in [0, 0.05) is 25.7 Å². The van der Waals surface area contributed by atoms with Crippen molar-refractivity contribution in [3.05, 3.63) is 59.4 Å². The summed E-state index contributed by atoms with van der Waals surface area (Å²) in [6, 6.07) is 12.6. The first-order valence-electron chi connectivity index (χ1n) is 8.28. The Kier molecular flexibility index (Phi) is 5.16. The number of amides is 2. The average Bonchev–Trinajstić information content (AvgIpc) is 3.25. The minimum absolute atomic E-state index is 0.0100. The van der Waals surface area contributed by atoms with E-state index in [1.54, 1.807) is 6.07 Å². The van der Waals surface area contributed by atoms with Crippen molar-refractivity contribution in [2.45, 2.75) is 18.6 Å². The van der Waals surface area contributed by atoms with Gasteiger partial charge in [0.1, 0.15) is 11.4 Å². The smallest absolute Gasteiger partial charge is 0.267 e. The van der Waals surface area contributed by atoms with E-state index in [9.17, 15) is 14.7 Å². The molecule has 25 heavy (non-hydrogen) atoms. The topological polar surface area (TPSA) is 111 Å². The molecule has 1 aliphatic rings. The van der Waals surface area contributed by atoms with Gasteiger partial charge in [0.25, 0.3) is 11.8 Å². The summed E-state index contributed by atoms with van der Waals surface area (Å²) in [4.78, 5) is 28.1. The van der Waals surface area contributed by atoms with Crippen LogP contribution in [0.3, 0.4) is 0 Å². The molecule has 1 aromatic heterocycles. The van der Waals surface area contributed by atoms with E-state index in [1.807, 2.05) is 30.3 Å². The third kappa shape index (κ3) is 4.26. The third-order valence-corrected chi connectivity index (χ3v) is 4.42. The highest BCUT2D eigenvalue weighted by Gasteiger charge is 2.26. The Hall–Kier alpha value is -2.64. The van der Waals surface area contributed by atoms with Gasteiger partial charge in [-0.3, -0.25) is 14.5 Å². The molecule has 1 fully saturated rings. The Bertz CT molecular complexity index is 744. The van der Waals surface area contributed by atoms with Gasteiger partial charge in [-0.2, -0.15) is 0 Å². The molecule has 0 saturated carbocycles. The number of nitrogens with one attached hydrogen (secondary N) is 2. The highest BCUT2D eigenvalue weighted by atomic mass is 16.3. The van der Waals surface area contributed by atoms with Crippen molar-refractivity contribution >= 4 is 11.8 Å². The minimum Gasteiger partial charge on any atom is -0.387 e. The molecule has 132 valence electrons. The molecule has 2 atom stereocenters. The summed E-state index contributed by atoms with van der Waals surface area (Å²) in [5.74, 6) is -0.857. The number of nitrogens with two attached hydrogens (primary N) is 1. The number of aromatic nitrogens is 1. The highest BCUT2D eigenvalue weighted by Crippen LogP contribution is 2.17. The molecule has 1 aliphatic heterocycles. The number of aliphatic hydroxyl groups is 1. The SMILES string of the molecule is NC(=O)c1ccc(C(=O)N[C@@H]2CCN(C[C@@H](O)c3ccccc3)C2)[nH]1. The van der Waals surface area contributed by atoms with Gasteiger partial charge in [0.15, 0.2) is 0 Å². The van der Waals surface area contributed by atoms with Crippen molar-refractivity contribution < 1.29 is 14.7 Å². The first-order valence-corrected chi connectivity index (χ1v) is 8.28. The van der Waals surface area contributed by atoms with Gasteiger partial charge < -0.3 is 21.1 Å². The predicted molar refractivity (Wildman–Crippen MR) is 93.0 cm³/mol. The largest absolute Gasteiger partial charge is 0.387 e. The Morgan fingerprint density at radius 1 is 1.24 bits per heavy atom. The summed E-state index contributed by atoms with van der Waals surface area (Å²) in [6.45, 7) is 2.02. The van der Waals surface area contributed by atoms with Gasteiger partial charge in [-0.15, -0.1) is 0 Å². The summed E-state index contributed by atoms with van der Waals surface area (Å²) in [6.07, 6.45) is 0.272. The zero-order valence-electron chi connectivity index (χ0n) is 13.8. The van der Waals surface area contributed by atoms with E-state index >= 15 is 0 Å². The van der Waals surface area contributed by atoms with Gasteiger partial charge >= 0.3 is 0 Å². The molecule has 7 nitrogen and oxygen atoms in total. The number of carbonyl (C=O) groups excluding carboxylic acids is 2. The Balaban J connectivity index is 1.50. The molecule has 0 aliphatic carbocycles. The fraction of sp³-hybridized carbons (Fsp3) is 0.333. The number of benzene rings is 1. The van der Waals surface area contributed by atoms with Crippen LogP contribution in [0.5, 0.6) is 0 Å². The third-order valence-electron chi connectivity index (χ3n) is 4.42. The molecule has 0 radical (unpaired) electrons. The molecule has 0 bridgehead atoms. The molecular formula is C18H22N4O3. The molecule has 3 rings (SSSR count). The number of likely N-dealkylation sites (tertiary alicyclic amines) is 1. The normalized spacial score (nSPS) is 18.8. The number of primary amides is 1. The number of aliphatic hydroxyl groups excluding tert-OH is 1. The van der Waals surface area contributed by atoms with Crippen LogP contribution in [0.15, 0.2) is 42.5 Å². The lowest BCUT2D eigenvalue weighted by atomic mass is 10.1. The fourth-order valence-corrected chi connectivity index (χ4v) is 3.08. The number of nitrogens with zero attached hydrogens (tertiary/aromatic N) is 1. The lowest BCUT2D eigenvalue weighted by Gasteiger charge is -2.20. The molecule has 7 heteroatoms. The number of rotatable bonds is 6. The lowest BCUT2D eigenvalue weighted by molar-refractivity contribution is 0.0929. The second-order valence-electron chi connectivity index (χ2n) is 6.30. The van der Waals surface area contributed by atoms with Crippen LogP contribution in [0.4, 0.5) is 0 Å². The Labute approximate surface area is 145 Å². The number of carbonyl (C=O) groups is 2. The summed E-state index contributed by atoms with van der Waals surface area (Å²) < 4.78 is 0. The second kappa shape index (κ2) is 7.50. The van der Waals surface area contributed by atoms with E-state index in [0.29, 0.717) is 18.8 Å². The molecule has 5 N–H and O–H groups in total. The van der Waals surface area contributed by atoms with Crippen molar-refractivity contribution in [1.29, 1.82) is 0 Å². The van der Waals surface area contributed by atoms with Crippen LogP contribution in [0.2, 0.25) is 0 Å². The molecule has 1 aromatic carbocycles. The van der Waals surface area contributed by atoms with Crippen LogP contribution in [-0.2, 0) is 0 Å². The van der Waals surface area contributed by atoms with Crippen LogP contribution in [-0.4, -0.2) is 52.5 Å². The molecule has 2 heterocycles. The van der Waals surface area contributed by atoms with Gasteiger partial charge in [-0.1, -0.05) is 30.3 Å². The first-order chi connectivity index (χ1) is 12.0. The quantitative estimate of drug-likeness (QED) is 0.617. The number of hydrogen-bond acceptors (Lipinski definition) is 4. The second-order valence-corrected chi connectivity index (χ2v) is 6.30. The first kappa shape index (κ1) is 17.2. The standard InChI is InChI=1S/C18H22N4O3/c19-17(24)14-6-7-15(21-14)18(25)20-13-8-9-22(10-13)11-16(23)12-4-2-1-3-5-12/h1-7,13,16,21,23H,8-11H2,(H2,19,24)(H,20,25)/t13-,16-/m1/s1. The maximum Gasteiger partial charge on any atom is 0.267 e. The monoisotopic (exact) mass is 342 g/mol. The van der Waals surface area contributed by atoms with Crippen LogP contribution < -0.4 is 11.1 Å². The van der Waals surface area contributed by atoms with E-state index in [0.717, 1.165) is 18.5 Å². The van der Waals surface area contributed by atoms with Crippen LogP contribution in [0.25, 0.3) is 0 Å². The maximum atomic E-state index is 12.2. The lowest BCUT2D eigenvalue weighted by Crippen LogP contribution is -2.38. The van der Waals surface area contributed by atoms with E-state index in [-0.39, 0.29) is 17.6 Å². The van der Waals surface area contributed by atoms with Crippen LogP contribution in [0, 0.1) is 0 Å². The van der Waals surface area contributed by atoms with Crippen molar-refractivity contribution in [2.75, 3.05) is 19.6 Å². The number of β-amino-alcohol motifs (C(OH)–C–C–N with tert-alkyl or cyclic N) is 1. The van der Waals surface area contributed by atoms with Crippen molar-refractivity contribution in [2.24, 2.45) is 5.73 Å². The van der Waals surface area contributed by atoms with Crippen LogP contribution in [0.1, 0.15) is 39.1 Å². The van der Waals surface area contributed by atoms with Crippen molar-refractivity contribution in [1.82, 2.24) is 15.2 Å².